The molecule has 0 unspecified atom stereocenters. The lowest BCUT2D eigenvalue weighted by atomic mass is 10.3. The molecule has 1 N–H and O–H groups in total. The molecule has 0 atom stereocenters. The van der Waals surface area contributed by atoms with Crippen LogP contribution < -0.4 is 10.1 Å². The molecule has 5 nitrogen and oxygen atoms in total. The highest BCUT2D eigenvalue weighted by atomic mass is 35.5. The van der Waals surface area contributed by atoms with E-state index >= 15 is 0 Å². The lowest BCUT2D eigenvalue weighted by Gasteiger charge is -2.07. The molecule has 6 heteroatoms. The van der Waals surface area contributed by atoms with Crippen molar-refractivity contribution in [2.24, 2.45) is 0 Å². The molecule has 0 amide bonds. The minimum atomic E-state index is -0.471. The van der Waals surface area contributed by atoms with E-state index in [1.54, 1.807) is 0 Å². The van der Waals surface area contributed by atoms with Gasteiger partial charge in [-0.25, -0.2) is 0 Å². The monoisotopic (exact) mass is 272 g/mol. The zero-order valence-electron chi connectivity index (χ0n) is 10.3. The van der Waals surface area contributed by atoms with Crippen LogP contribution in [-0.4, -0.2) is 24.6 Å². The van der Waals surface area contributed by atoms with Gasteiger partial charge in [-0.1, -0.05) is 18.5 Å². The third-order valence-corrected chi connectivity index (χ3v) is 2.54. The predicted molar refractivity (Wildman–Crippen MR) is 71.4 cm³/mol. The topological polar surface area (TPSA) is 64.4 Å². The van der Waals surface area contributed by atoms with Crippen LogP contribution in [0.5, 0.6) is 5.75 Å². The van der Waals surface area contributed by atoms with Crippen LogP contribution in [0.25, 0.3) is 0 Å². The Morgan fingerprint density at radius 3 is 2.89 bits per heavy atom. The molecule has 0 saturated heterocycles. The minimum absolute atomic E-state index is 0.0547. The normalized spacial score (nSPS) is 10.3. The Bertz CT molecular complexity index is 399. The van der Waals surface area contributed by atoms with E-state index in [9.17, 15) is 10.1 Å². The van der Waals surface area contributed by atoms with Gasteiger partial charge in [0.05, 0.1) is 11.5 Å². The average molecular weight is 273 g/mol. The first-order chi connectivity index (χ1) is 8.65. The molecule has 1 aromatic carbocycles. The van der Waals surface area contributed by atoms with E-state index in [0.717, 1.165) is 25.9 Å². The van der Waals surface area contributed by atoms with E-state index in [1.807, 2.05) is 0 Å². The fourth-order valence-electron chi connectivity index (χ4n) is 1.44. The van der Waals surface area contributed by atoms with Crippen molar-refractivity contribution in [1.29, 1.82) is 0 Å². The molecule has 0 heterocycles. The van der Waals surface area contributed by atoms with Crippen LogP contribution in [0.3, 0.4) is 0 Å². The van der Waals surface area contributed by atoms with E-state index in [0.29, 0.717) is 11.6 Å². The van der Waals surface area contributed by atoms with Crippen LogP contribution in [0, 0.1) is 10.1 Å². The first kappa shape index (κ1) is 14.7. The third-order valence-electron chi connectivity index (χ3n) is 2.30. The van der Waals surface area contributed by atoms with Gasteiger partial charge in [0, 0.05) is 17.2 Å². The smallest absolute Gasteiger partial charge is 0.311 e. The molecule has 0 aromatic heterocycles. The van der Waals surface area contributed by atoms with E-state index in [4.69, 9.17) is 16.3 Å². The summed E-state index contributed by atoms with van der Waals surface area (Å²) in [6.07, 6.45) is 1.88. The number of nitrogens with zero attached hydrogens (tertiary/aromatic N) is 1. The molecular weight excluding hydrogens is 256 g/mol. The Hall–Kier alpha value is -1.33. The number of benzene rings is 1. The lowest BCUT2D eigenvalue weighted by Crippen LogP contribution is -2.18. The van der Waals surface area contributed by atoms with Crippen molar-refractivity contribution < 1.29 is 9.66 Å². The number of nitrogens with one attached hydrogen (secondary N) is 1. The van der Waals surface area contributed by atoms with Crippen molar-refractivity contribution >= 4 is 17.3 Å². The fraction of sp³-hybridized carbons (Fsp3) is 0.500. The summed E-state index contributed by atoms with van der Waals surface area (Å²) < 4.78 is 5.39. The molecule has 1 aromatic rings. The summed E-state index contributed by atoms with van der Waals surface area (Å²) in [6, 6.07) is 4.31. The van der Waals surface area contributed by atoms with Gasteiger partial charge in [0.15, 0.2) is 5.75 Å². The summed E-state index contributed by atoms with van der Waals surface area (Å²) >= 11 is 5.79. The van der Waals surface area contributed by atoms with Crippen molar-refractivity contribution in [1.82, 2.24) is 5.32 Å². The quantitative estimate of drug-likeness (QED) is 0.449. The molecule has 0 aliphatic heterocycles. The fourth-order valence-corrected chi connectivity index (χ4v) is 1.60. The summed E-state index contributed by atoms with van der Waals surface area (Å²) in [7, 11) is 0. The first-order valence-corrected chi connectivity index (χ1v) is 6.30. The first-order valence-electron chi connectivity index (χ1n) is 5.92. The largest absolute Gasteiger partial charge is 0.487 e. The summed E-state index contributed by atoms with van der Waals surface area (Å²) in [4.78, 5) is 10.3. The number of ether oxygens (including phenoxy) is 1. The summed E-state index contributed by atoms with van der Waals surface area (Å²) in [6.45, 7) is 4.33. The SMILES string of the molecule is CCCNCCCOc1cc(Cl)ccc1[N+](=O)[O-]. The van der Waals surface area contributed by atoms with Crippen molar-refractivity contribution in [2.75, 3.05) is 19.7 Å². The maximum atomic E-state index is 10.8. The number of nitro benzene ring substituents is 1. The zero-order valence-corrected chi connectivity index (χ0v) is 11.1. The van der Waals surface area contributed by atoms with Crippen LogP contribution in [0.1, 0.15) is 19.8 Å². The Morgan fingerprint density at radius 2 is 2.22 bits per heavy atom. The maximum absolute atomic E-state index is 10.8. The van der Waals surface area contributed by atoms with Gasteiger partial charge in [0.25, 0.3) is 0 Å². The summed E-state index contributed by atoms with van der Waals surface area (Å²) in [5.41, 5.74) is -0.0547. The van der Waals surface area contributed by atoms with Gasteiger partial charge in [0.1, 0.15) is 0 Å². The molecule has 0 aliphatic carbocycles. The van der Waals surface area contributed by atoms with E-state index < -0.39 is 4.92 Å². The molecule has 0 saturated carbocycles. The highest BCUT2D eigenvalue weighted by Crippen LogP contribution is 2.29. The third kappa shape index (κ3) is 4.89. The number of hydrogen-bond donors (Lipinski definition) is 1. The van der Waals surface area contributed by atoms with Gasteiger partial charge in [-0.2, -0.15) is 0 Å². The Morgan fingerprint density at radius 1 is 1.44 bits per heavy atom. The molecule has 0 radical (unpaired) electrons. The number of halogens is 1. The van der Waals surface area contributed by atoms with Crippen LogP contribution in [0.2, 0.25) is 5.02 Å². The van der Waals surface area contributed by atoms with Gasteiger partial charge >= 0.3 is 5.69 Å². The van der Waals surface area contributed by atoms with E-state index in [1.165, 1.54) is 18.2 Å². The van der Waals surface area contributed by atoms with Gasteiger partial charge in [-0.3, -0.25) is 10.1 Å². The molecule has 0 aliphatic rings. The van der Waals surface area contributed by atoms with Gasteiger partial charge in [-0.15, -0.1) is 0 Å². The van der Waals surface area contributed by atoms with Crippen molar-refractivity contribution in [3.63, 3.8) is 0 Å². The van der Waals surface area contributed by atoms with Gasteiger partial charge in [0.2, 0.25) is 0 Å². The average Bonchev–Trinajstić information content (AvgIpc) is 2.33. The highest BCUT2D eigenvalue weighted by Gasteiger charge is 2.14. The molecule has 0 fully saturated rings. The predicted octanol–water partition coefficient (Wildman–Crippen LogP) is 3.02. The molecular formula is C12H17ClN2O3. The lowest BCUT2D eigenvalue weighted by molar-refractivity contribution is -0.385. The molecule has 0 bridgehead atoms. The second-order valence-corrected chi connectivity index (χ2v) is 4.26. The second-order valence-electron chi connectivity index (χ2n) is 3.82. The zero-order chi connectivity index (χ0) is 13.4. The maximum Gasteiger partial charge on any atom is 0.311 e. The molecule has 1 rings (SSSR count). The summed E-state index contributed by atoms with van der Waals surface area (Å²) in [5, 5.41) is 14.4. The Labute approximate surface area is 111 Å². The number of rotatable bonds is 8. The minimum Gasteiger partial charge on any atom is -0.487 e. The highest BCUT2D eigenvalue weighted by molar-refractivity contribution is 6.30. The van der Waals surface area contributed by atoms with Crippen LogP contribution in [0.15, 0.2) is 18.2 Å². The molecule has 100 valence electrons. The van der Waals surface area contributed by atoms with Crippen molar-refractivity contribution in [2.45, 2.75) is 19.8 Å². The standard InChI is InChI=1S/C12H17ClN2O3/c1-2-6-14-7-3-8-18-12-9-10(13)4-5-11(12)15(16)17/h4-5,9,14H,2-3,6-8H2,1H3. The Balaban J connectivity index is 2.45. The number of nitro groups is 1. The van der Waals surface area contributed by atoms with E-state index in [-0.39, 0.29) is 11.4 Å². The molecule has 0 spiro atoms. The molecule has 18 heavy (non-hydrogen) atoms. The second kappa shape index (κ2) is 7.89. The summed E-state index contributed by atoms with van der Waals surface area (Å²) in [5.74, 6) is 0.225. The van der Waals surface area contributed by atoms with Crippen LogP contribution in [-0.2, 0) is 0 Å². The van der Waals surface area contributed by atoms with Crippen LogP contribution >= 0.6 is 11.6 Å². The van der Waals surface area contributed by atoms with Crippen molar-refractivity contribution in [3.8, 4) is 5.75 Å². The van der Waals surface area contributed by atoms with Gasteiger partial charge in [-0.05, 0) is 32.0 Å². The van der Waals surface area contributed by atoms with Crippen molar-refractivity contribution in [3.05, 3.63) is 33.3 Å². The van der Waals surface area contributed by atoms with Gasteiger partial charge < -0.3 is 10.1 Å². The Kier molecular flexibility index (Phi) is 6.46. The number of hydrogen-bond acceptors (Lipinski definition) is 4. The van der Waals surface area contributed by atoms with Crippen LogP contribution in [0.4, 0.5) is 5.69 Å². The van der Waals surface area contributed by atoms with E-state index in [2.05, 4.69) is 12.2 Å².